The fraction of sp³-hybridized carbons (Fsp3) is 0.438. The van der Waals surface area contributed by atoms with Crippen molar-refractivity contribution in [2.45, 2.75) is 38.1 Å². The third kappa shape index (κ3) is 7.19. The molecule has 1 rings (SSSR count). The molecule has 0 aliphatic rings. The molecule has 26 heavy (non-hydrogen) atoms. The smallest absolute Gasteiger partial charge is 0.338 e. The molecule has 0 fully saturated rings. The quantitative estimate of drug-likeness (QED) is 0.620. The summed E-state index contributed by atoms with van der Waals surface area (Å²) in [6, 6.07) is 4.54. The van der Waals surface area contributed by atoms with Crippen LogP contribution in [-0.2, 0) is 19.6 Å². The molecule has 0 spiro atoms. The number of hydrogen-bond acceptors (Lipinski definition) is 6. The molecule has 3 N–H and O–H groups in total. The van der Waals surface area contributed by atoms with E-state index in [2.05, 4.69) is 10.0 Å². The van der Waals surface area contributed by atoms with Gasteiger partial charge in [0.2, 0.25) is 10.0 Å². The number of carbonyl (C=O) groups is 3. The van der Waals surface area contributed by atoms with Crippen molar-refractivity contribution >= 4 is 27.9 Å². The van der Waals surface area contributed by atoms with Crippen LogP contribution in [0.2, 0.25) is 0 Å². The molecule has 1 aromatic carbocycles. The normalized spacial score (nSPS) is 11.5. The minimum Gasteiger partial charge on any atom is -0.452 e. The van der Waals surface area contributed by atoms with Crippen LogP contribution in [-0.4, -0.2) is 45.0 Å². The maximum absolute atomic E-state index is 12.3. The second kappa shape index (κ2) is 8.77. The summed E-state index contributed by atoms with van der Waals surface area (Å²) >= 11 is 0. The van der Waals surface area contributed by atoms with Gasteiger partial charge in [0.15, 0.2) is 6.61 Å². The first-order valence-corrected chi connectivity index (χ1v) is 9.32. The molecule has 3 amide bonds. The predicted octanol–water partition coefficient (Wildman–Crippen LogP) is 0.766. The summed E-state index contributed by atoms with van der Waals surface area (Å²) in [6.07, 6.45) is 0. The van der Waals surface area contributed by atoms with Gasteiger partial charge in [-0.2, -0.15) is 0 Å². The number of rotatable bonds is 6. The first-order chi connectivity index (χ1) is 11.9. The Morgan fingerprint density at radius 1 is 1.15 bits per heavy atom. The van der Waals surface area contributed by atoms with Crippen LogP contribution in [0.5, 0.6) is 0 Å². The fourth-order valence-electron chi connectivity index (χ4n) is 1.83. The lowest BCUT2D eigenvalue weighted by Crippen LogP contribution is -2.41. The second-order valence-corrected chi connectivity index (χ2v) is 8.05. The molecule has 0 radical (unpaired) electrons. The number of carbonyl (C=O) groups excluding carboxylic acids is 3. The Hall–Kier alpha value is -2.46. The van der Waals surface area contributed by atoms with Gasteiger partial charge in [-0.25, -0.2) is 22.7 Å². The lowest BCUT2D eigenvalue weighted by atomic mass is 10.1. The molecule has 0 atom stereocenters. The first kappa shape index (κ1) is 21.6. The average Bonchev–Trinajstić information content (AvgIpc) is 2.50. The number of esters is 1. The number of amides is 3. The Morgan fingerprint density at radius 2 is 1.81 bits per heavy atom. The highest BCUT2D eigenvalue weighted by Gasteiger charge is 2.23. The molecule has 0 heterocycles. The fourth-order valence-corrected chi connectivity index (χ4v) is 3.30. The van der Waals surface area contributed by atoms with Crippen LogP contribution < -0.4 is 15.4 Å². The molecule has 9 nitrogen and oxygen atoms in total. The van der Waals surface area contributed by atoms with E-state index in [4.69, 9.17) is 4.74 Å². The van der Waals surface area contributed by atoms with E-state index < -0.39 is 40.1 Å². The van der Waals surface area contributed by atoms with Gasteiger partial charge in [-0.3, -0.25) is 10.1 Å². The van der Waals surface area contributed by atoms with Gasteiger partial charge in [-0.1, -0.05) is 6.07 Å². The zero-order chi connectivity index (χ0) is 20.0. The van der Waals surface area contributed by atoms with Gasteiger partial charge in [0, 0.05) is 12.1 Å². The van der Waals surface area contributed by atoms with Crippen molar-refractivity contribution in [3.8, 4) is 0 Å². The predicted molar refractivity (Wildman–Crippen MR) is 94.0 cm³/mol. The van der Waals surface area contributed by atoms with Gasteiger partial charge in [0.25, 0.3) is 5.91 Å². The molecule has 0 saturated heterocycles. The first-order valence-electron chi connectivity index (χ1n) is 7.83. The van der Waals surface area contributed by atoms with E-state index in [-0.39, 0.29) is 10.5 Å². The summed E-state index contributed by atoms with van der Waals surface area (Å²) in [7, 11) is -3.82. The van der Waals surface area contributed by atoms with Gasteiger partial charge >= 0.3 is 12.0 Å². The van der Waals surface area contributed by atoms with Crippen molar-refractivity contribution in [1.29, 1.82) is 0 Å². The standard InChI is InChI=1S/C16H23N3O6S/c1-5-17-15(22)18-13(20)10-25-14(21)11-7-6-8-12(9-11)26(23,24)19-16(2,3)4/h6-9,19H,5,10H2,1-4H3,(H2,17,18,20,22). The zero-order valence-corrected chi connectivity index (χ0v) is 15.9. The van der Waals surface area contributed by atoms with Crippen LogP contribution in [0.3, 0.4) is 0 Å². The topological polar surface area (TPSA) is 131 Å². The minimum atomic E-state index is -3.82. The van der Waals surface area contributed by atoms with Crippen molar-refractivity contribution in [1.82, 2.24) is 15.4 Å². The molecular formula is C16H23N3O6S. The second-order valence-electron chi connectivity index (χ2n) is 6.37. The maximum atomic E-state index is 12.3. The summed E-state index contributed by atoms with van der Waals surface area (Å²) in [6.45, 7) is 6.41. The van der Waals surface area contributed by atoms with Gasteiger partial charge in [-0.05, 0) is 45.9 Å². The van der Waals surface area contributed by atoms with Gasteiger partial charge in [0.1, 0.15) is 0 Å². The van der Waals surface area contributed by atoms with Crippen LogP contribution in [0.4, 0.5) is 4.79 Å². The summed E-state index contributed by atoms with van der Waals surface area (Å²) in [5.41, 5.74) is -0.723. The maximum Gasteiger partial charge on any atom is 0.338 e. The summed E-state index contributed by atoms with van der Waals surface area (Å²) in [4.78, 5) is 34.6. The summed E-state index contributed by atoms with van der Waals surface area (Å²) < 4.78 is 31.9. The number of imide groups is 1. The highest BCUT2D eigenvalue weighted by molar-refractivity contribution is 7.89. The third-order valence-electron chi connectivity index (χ3n) is 2.75. The van der Waals surface area contributed by atoms with Crippen LogP contribution in [0.1, 0.15) is 38.1 Å². The molecule has 10 heteroatoms. The molecule has 144 valence electrons. The van der Waals surface area contributed by atoms with E-state index in [1.165, 1.54) is 18.2 Å². The SMILES string of the molecule is CCNC(=O)NC(=O)COC(=O)c1cccc(S(=O)(=O)NC(C)(C)C)c1. The van der Waals surface area contributed by atoms with Crippen molar-refractivity contribution in [2.24, 2.45) is 0 Å². The van der Waals surface area contributed by atoms with Crippen LogP contribution in [0.25, 0.3) is 0 Å². The highest BCUT2D eigenvalue weighted by Crippen LogP contribution is 2.15. The van der Waals surface area contributed by atoms with Gasteiger partial charge in [0.05, 0.1) is 10.5 Å². The average molecular weight is 385 g/mol. The zero-order valence-electron chi connectivity index (χ0n) is 15.1. The number of ether oxygens (including phenoxy) is 1. The number of hydrogen-bond donors (Lipinski definition) is 3. The van der Waals surface area contributed by atoms with E-state index in [1.54, 1.807) is 27.7 Å². The van der Waals surface area contributed by atoms with E-state index in [0.717, 1.165) is 6.07 Å². The summed E-state index contributed by atoms with van der Waals surface area (Å²) in [5.74, 6) is -1.69. The molecule has 0 saturated carbocycles. The molecule has 0 aliphatic heterocycles. The molecule has 0 aliphatic carbocycles. The summed E-state index contributed by atoms with van der Waals surface area (Å²) in [5, 5.41) is 4.33. The molecular weight excluding hydrogens is 362 g/mol. The Labute approximate surface area is 152 Å². The van der Waals surface area contributed by atoms with E-state index in [1.807, 2.05) is 5.32 Å². The Morgan fingerprint density at radius 3 is 2.38 bits per heavy atom. The van der Waals surface area contributed by atoms with Crippen molar-refractivity contribution in [2.75, 3.05) is 13.2 Å². The van der Waals surface area contributed by atoms with Crippen molar-refractivity contribution < 1.29 is 27.5 Å². The van der Waals surface area contributed by atoms with Crippen LogP contribution in [0.15, 0.2) is 29.2 Å². The Balaban J connectivity index is 2.77. The van der Waals surface area contributed by atoms with Crippen LogP contribution >= 0.6 is 0 Å². The molecule has 0 unspecified atom stereocenters. The van der Waals surface area contributed by atoms with E-state index in [9.17, 15) is 22.8 Å². The van der Waals surface area contributed by atoms with Gasteiger partial charge in [-0.15, -0.1) is 0 Å². The van der Waals surface area contributed by atoms with Crippen LogP contribution in [0, 0.1) is 0 Å². The molecule has 0 bridgehead atoms. The molecule has 0 aromatic heterocycles. The van der Waals surface area contributed by atoms with Crippen molar-refractivity contribution in [3.63, 3.8) is 0 Å². The van der Waals surface area contributed by atoms with E-state index in [0.29, 0.717) is 6.54 Å². The number of benzene rings is 1. The Kier molecular flexibility index (Phi) is 7.28. The largest absolute Gasteiger partial charge is 0.452 e. The number of sulfonamides is 1. The highest BCUT2D eigenvalue weighted by atomic mass is 32.2. The Bertz CT molecular complexity index is 783. The minimum absolute atomic E-state index is 0.0346. The monoisotopic (exact) mass is 385 g/mol. The lowest BCUT2D eigenvalue weighted by Gasteiger charge is -2.20. The van der Waals surface area contributed by atoms with E-state index >= 15 is 0 Å². The third-order valence-corrected chi connectivity index (χ3v) is 4.50. The molecule has 1 aromatic rings. The number of urea groups is 1. The van der Waals surface area contributed by atoms with Crippen molar-refractivity contribution in [3.05, 3.63) is 29.8 Å². The number of nitrogens with one attached hydrogen (secondary N) is 3. The van der Waals surface area contributed by atoms with Gasteiger partial charge < -0.3 is 10.1 Å². The lowest BCUT2D eigenvalue weighted by molar-refractivity contribution is -0.123.